The van der Waals surface area contributed by atoms with Crippen molar-refractivity contribution in [1.82, 2.24) is 0 Å². The van der Waals surface area contributed by atoms with Gasteiger partial charge < -0.3 is 14.4 Å². The average molecular weight is 374 g/mol. The number of anilines is 2. The van der Waals surface area contributed by atoms with Crippen LogP contribution in [0.4, 0.5) is 11.4 Å². The van der Waals surface area contributed by atoms with Gasteiger partial charge in [0.15, 0.2) is 11.5 Å². The Hall–Kier alpha value is -2.41. The van der Waals surface area contributed by atoms with Crippen LogP contribution in [-0.4, -0.2) is 34.7 Å². The Labute approximate surface area is 153 Å². The molecule has 0 spiro atoms. The van der Waals surface area contributed by atoms with Gasteiger partial charge in [-0.3, -0.25) is 4.72 Å². The summed E-state index contributed by atoms with van der Waals surface area (Å²) in [6.45, 7) is 4.81. The molecule has 0 radical (unpaired) electrons. The first-order valence-electron chi connectivity index (χ1n) is 8.81. The van der Waals surface area contributed by atoms with Crippen LogP contribution in [0.25, 0.3) is 0 Å². The van der Waals surface area contributed by atoms with Gasteiger partial charge in [0.1, 0.15) is 13.2 Å². The highest BCUT2D eigenvalue weighted by Crippen LogP contribution is 2.33. The van der Waals surface area contributed by atoms with Crippen LogP contribution >= 0.6 is 0 Å². The fourth-order valence-corrected chi connectivity index (χ4v) is 4.42. The molecule has 4 rings (SSSR count). The number of sulfonamides is 1. The quantitative estimate of drug-likeness (QED) is 0.890. The lowest BCUT2D eigenvalue weighted by Gasteiger charge is -2.21. The number of fused-ring (bicyclic) bond motifs is 1. The van der Waals surface area contributed by atoms with Gasteiger partial charge in [-0.05, 0) is 49.6 Å². The van der Waals surface area contributed by atoms with E-state index in [1.165, 1.54) is 25.0 Å². The van der Waals surface area contributed by atoms with E-state index in [4.69, 9.17) is 9.47 Å². The van der Waals surface area contributed by atoms with Crippen molar-refractivity contribution in [3.05, 3.63) is 42.0 Å². The van der Waals surface area contributed by atoms with Crippen molar-refractivity contribution >= 4 is 21.4 Å². The molecule has 2 aromatic carbocycles. The molecule has 26 heavy (non-hydrogen) atoms. The molecule has 2 heterocycles. The lowest BCUT2D eigenvalue weighted by atomic mass is 10.2. The largest absolute Gasteiger partial charge is 0.486 e. The Morgan fingerprint density at radius 2 is 1.69 bits per heavy atom. The van der Waals surface area contributed by atoms with Crippen LogP contribution in [-0.2, 0) is 10.0 Å². The summed E-state index contributed by atoms with van der Waals surface area (Å²) in [5.41, 5.74) is 2.53. The molecular formula is C19H22N2O4S. The van der Waals surface area contributed by atoms with Gasteiger partial charge in [-0.2, -0.15) is 0 Å². The van der Waals surface area contributed by atoms with Crippen molar-refractivity contribution in [2.45, 2.75) is 24.7 Å². The number of rotatable bonds is 4. The van der Waals surface area contributed by atoms with Gasteiger partial charge in [-0.1, -0.05) is 6.07 Å². The third-order valence-corrected chi connectivity index (χ3v) is 6.12. The van der Waals surface area contributed by atoms with E-state index in [2.05, 4.69) is 9.62 Å². The number of hydrogen-bond donors (Lipinski definition) is 1. The van der Waals surface area contributed by atoms with Gasteiger partial charge in [0.25, 0.3) is 10.0 Å². The Morgan fingerprint density at radius 1 is 0.962 bits per heavy atom. The molecule has 2 aromatic rings. The second kappa shape index (κ2) is 6.72. The normalized spacial score (nSPS) is 16.6. The number of ether oxygens (including phenoxy) is 2. The highest BCUT2D eigenvalue weighted by atomic mass is 32.2. The summed E-state index contributed by atoms with van der Waals surface area (Å²) < 4.78 is 39.4. The molecule has 0 unspecified atom stereocenters. The maximum atomic E-state index is 12.9. The molecule has 1 N–H and O–H groups in total. The van der Waals surface area contributed by atoms with Crippen LogP contribution in [0.3, 0.4) is 0 Å². The maximum Gasteiger partial charge on any atom is 0.262 e. The molecule has 1 fully saturated rings. The highest BCUT2D eigenvalue weighted by Gasteiger charge is 2.21. The van der Waals surface area contributed by atoms with E-state index in [0.717, 1.165) is 24.3 Å². The summed E-state index contributed by atoms with van der Waals surface area (Å²) in [6, 6.07) is 10.6. The van der Waals surface area contributed by atoms with E-state index in [-0.39, 0.29) is 4.90 Å². The molecule has 2 aliphatic rings. The zero-order valence-electron chi connectivity index (χ0n) is 14.7. The Balaban J connectivity index is 1.62. The lowest BCUT2D eigenvalue weighted by molar-refractivity contribution is 0.171. The molecule has 2 aliphatic heterocycles. The second-order valence-corrected chi connectivity index (χ2v) is 8.29. The minimum absolute atomic E-state index is 0.160. The van der Waals surface area contributed by atoms with Gasteiger partial charge in [-0.25, -0.2) is 8.42 Å². The molecule has 0 bridgehead atoms. The van der Waals surface area contributed by atoms with Crippen molar-refractivity contribution in [3.63, 3.8) is 0 Å². The third kappa shape index (κ3) is 3.31. The summed E-state index contributed by atoms with van der Waals surface area (Å²) in [6.07, 6.45) is 2.35. The fraction of sp³-hybridized carbons (Fsp3) is 0.368. The van der Waals surface area contributed by atoms with Crippen molar-refractivity contribution in [1.29, 1.82) is 0 Å². The number of aryl methyl sites for hydroxylation is 1. The summed E-state index contributed by atoms with van der Waals surface area (Å²) in [5.74, 6) is 1.03. The van der Waals surface area contributed by atoms with Gasteiger partial charge in [0.05, 0.1) is 10.6 Å². The standard InChI is InChI=1S/C19H22N2O4S/c1-14-4-5-15(21-8-2-3-9-21)12-17(14)20-26(22,23)16-6-7-18-19(13-16)25-11-10-24-18/h4-7,12-13,20H,2-3,8-11H2,1H3. The monoisotopic (exact) mass is 374 g/mol. The van der Waals surface area contributed by atoms with Crippen LogP contribution in [0, 0.1) is 6.92 Å². The molecule has 0 atom stereocenters. The molecule has 7 heteroatoms. The van der Waals surface area contributed by atoms with Gasteiger partial charge in [0.2, 0.25) is 0 Å². The number of benzene rings is 2. The van der Waals surface area contributed by atoms with E-state index >= 15 is 0 Å². The molecule has 6 nitrogen and oxygen atoms in total. The topological polar surface area (TPSA) is 67.9 Å². The van der Waals surface area contributed by atoms with E-state index in [9.17, 15) is 8.42 Å². The molecule has 138 valence electrons. The molecular weight excluding hydrogens is 352 g/mol. The van der Waals surface area contributed by atoms with Gasteiger partial charge in [0, 0.05) is 24.8 Å². The predicted octanol–water partition coefficient (Wildman–Crippen LogP) is 3.17. The van der Waals surface area contributed by atoms with Gasteiger partial charge in [-0.15, -0.1) is 0 Å². The third-order valence-electron chi connectivity index (χ3n) is 4.76. The number of hydrogen-bond acceptors (Lipinski definition) is 5. The molecule has 0 aliphatic carbocycles. The SMILES string of the molecule is Cc1ccc(N2CCCC2)cc1NS(=O)(=O)c1ccc2c(c1)OCCO2. The lowest BCUT2D eigenvalue weighted by Crippen LogP contribution is -2.19. The van der Waals surface area contributed by atoms with E-state index < -0.39 is 10.0 Å². The van der Waals surface area contributed by atoms with Crippen LogP contribution in [0.15, 0.2) is 41.3 Å². The zero-order chi connectivity index (χ0) is 18.1. The Kier molecular flexibility index (Phi) is 4.40. The van der Waals surface area contributed by atoms with Crippen molar-refractivity contribution in [2.24, 2.45) is 0 Å². The maximum absolute atomic E-state index is 12.9. The summed E-state index contributed by atoms with van der Waals surface area (Å²) in [4.78, 5) is 2.44. The summed E-state index contributed by atoms with van der Waals surface area (Å²) in [5, 5.41) is 0. The second-order valence-electron chi connectivity index (χ2n) is 6.60. The minimum Gasteiger partial charge on any atom is -0.486 e. The first kappa shape index (κ1) is 17.0. The smallest absolute Gasteiger partial charge is 0.262 e. The van der Waals surface area contributed by atoms with E-state index in [1.807, 2.05) is 25.1 Å². The van der Waals surface area contributed by atoms with Gasteiger partial charge >= 0.3 is 0 Å². The van der Waals surface area contributed by atoms with Crippen LogP contribution in [0.2, 0.25) is 0 Å². The van der Waals surface area contributed by atoms with Crippen LogP contribution < -0.4 is 19.1 Å². The first-order chi connectivity index (χ1) is 12.5. The average Bonchev–Trinajstić information content (AvgIpc) is 3.18. The van der Waals surface area contributed by atoms with E-state index in [0.29, 0.717) is 30.4 Å². The summed E-state index contributed by atoms with van der Waals surface area (Å²) in [7, 11) is -3.71. The Morgan fingerprint density at radius 3 is 2.46 bits per heavy atom. The predicted molar refractivity (Wildman–Crippen MR) is 101 cm³/mol. The van der Waals surface area contributed by atoms with Crippen molar-refractivity contribution in [3.8, 4) is 11.5 Å². The number of nitrogens with zero attached hydrogens (tertiary/aromatic N) is 1. The van der Waals surface area contributed by atoms with Crippen molar-refractivity contribution in [2.75, 3.05) is 35.9 Å². The number of nitrogens with one attached hydrogen (secondary N) is 1. The molecule has 0 saturated carbocycles. The molecule has 0 amide bonds. The Bertz CT molecular complexity index is 921. The highest BCUT2D eigenvalue weighted by molar-refractivity contribution is 7.92. The minimum atomic E-state index is -3.71. The fourth-order valence-electron chi connectivity index (χ4n) is 3.29. The zero-order valence-corrected chi connectivity index (χ0v) is 15.5. The first-order valence-corrected chi connectivity index (χ1v) is 10.3. The molecule has 0 aromatic heterocycles. The van der Waals surface area contributed by atoms with E-state index in [1.54, 1.807) is 6.07 Å². The van der Waals surface area contributed by atoms with Crippen LogP contribution in [0.5, 0.6) is 11.5 Å². The summed E-state index contributed by atoms with van der Waals surface area (Å²) >= 11 is 0. The van der Waals surface area contributed by atoms with Crippen LogP contribution in [0.1, 0.15) is 18.4 Å². The van der Waals surface area contributed by atoms with Crippen molar-refractivity contribution < 1.29 is 17.9 Å². The molecule has 1 saturated heterocycles.